The molecule has 1 heterocycles. The van der Waals surface area contributed by atoms with Crippen molar-refractivity contribution in [2.45, 2.75) is 13.0 Å². The van der Waals surface area contributed by atoms with E-state index in [1.807, 2.05) is 10.8 Å². The summed E-state index contributed by atoms with van der Waals surface area (Å²) in [5.74, 6) is -0.530. The first-order valence-corrected chi connectivity index (χ1v) is 7.26. The summed E-state index contributed by atoms with van der Waals surface area (Å²) in [6.45, 7) is 1.24. The molecule has 0 aliphatic carbocycles. The van der Waals surface area contributed by atoms with Crippen molar-refractivity contribution in [3.8, 4) is 5.75 Å². The first-order chi connectivity index (χ1) is 11.1. The van der Waals surface area contributed by atoms with Crippen molar-refractivity contribution in [2.24, 2.45) is 0 Å². The van der Waals surface area contributed by atoms with Crippen LogP contribution < -0.4 is 10.1 Å². The summed E-state index contributed by atoms with van der Waals surface area (Å²) < 4.78 is 6.97. The van der Waals surface area contributed by atoms with Crippen LogP contribution in [0.2, 0.25) is 0 Å². The summed E-state index contributed by atoms with van der Waals surface area (Å²) in [5, 5.41) is 2.58. The van der Waals surface area contributed by atoms with Crippen LogP contribution in [-0.4, -0.2) is 47.0 Å². The zero-order valence-electron chi connectivity index (χ0n) is 13.2. The van der Waals surface area contributed by atoms with Gasteiger partial charge in [-0.2, -0.15) is 0 Å². The summed E-state index contributed by atoms with van der Waals surface area (Å²) in [6, 6.07) is 6.80. The molecule has 23 heavy (non-hydrogen) atoms. The standard InChI is InChI=1S/C16H20N4O3/c1-19(9-3-10-20-11-8-17-12-20)16(22)15(21)18-13-4-6-14(23-2)7-5-13/h4-8,11-12H,3,9-10H2,1-2H3,(H,18,21). The van der Waals surface area contributed by atoms with Crippen LogP contribution in [0.15, 0.2) is 43.0 Å². The van der Waals surface area contributed by atoms with Gasteiger partial charge in [0.05, 0.1) is 13.4 Å². The Hall–Kier alpha value is -2.83. The Kier molecular flexibility index (Phi) is 5.74. The quantitative estimate of drug-likeness (QED) is 0.817. The van der Waals surface area contributed by atoms with Gasteiger partial charge in [0, 0.05) is 38.2 Å². The van der Waals surface area contributed by atoms with Crippen LogP contribution in [0.4, 0.5) is 5.69 Å². The van der Waals surface area contributed by atoms with Crippen molar-refractivity contribution in [3.63, 3.8) is 0 Å². The van der Waals surface area contributed by atoms with E-state index in [-0.39, 0.29) is 0 Å². The van der Waals surface area contributed by atoms with Gasteiger partial charge < -0.3 is 19.5 Å². The van der Waals surface area contributed by atoms with Crippen molar-refractivity contribution in [3.05, 3.63) is 43.0 Å². The largest absolute Gasteiger partial charge is 0.497 e. The maximum atomic E-state index is 12.0. The van der Waals surface area contributed by atoms with E-state index in [0.29, 0.717) is 18.0 Å². The van der Waals surface area contributed by atoms with E-state index in [1.165, 1.54) is 4.90 Å². The molecule has 7 heteroatoms. The Morgan fingerprint density at radius 2 is 2.04 bits per heavy atom. The van der Waals surface area contributed by atoms with Crippen molar-refractivity contribution in [1.29, 1.82) is 0 Å². The highest BCUT2D eigenvalue weighted by molar-refractivity contribution is 6.39. The molecular formula is C16H20N4O3. The Bertz CT molecular complexity index is 638. The number of aromatic nitrogens is 2. The molecule has 0 aliphatic rings. The summed E-state index contributed by atoms with van der Waals surface area (Å²) in [5.41, 5.74) is 0.552. The number of rotatable bonds is 6. The summed E-state index contributed by atoms with van der Waals surface area (Å²) in [6.07, 6.45) is 6.03. The lowest BCUT2D eigenvalue weighted by molar-refractivity contribution is -0.142. The fourth-order valence-corrected chi connectivity index (χ4v) is 2.04. The maximum Gasteiger partial charge on any atom is 0.313 e. The zero-order chi connectivity index (χ0) is 16.7. The fraction of sp³-hybridized carbons (Fsp3) is 0.312. The molecule has 122 valence electrons. The Morgan fingerprint density at radius 3 is 2.65 bits per heavy atom. The van der Waals surface area contributed by atoms with E-state index >= 15 is 0 Å². The highest BCUT2D eigenvalue weighted by Gasteiger charge is 2.18. The minimum absolute atomic E-state index is 0.493. The van der Waals surface area contributed by atoms with E-state index in [2.05, 4.69) is 10.3 Å². The van der Waals surface area contributed by atoms with E-state index in [9.17, 15) is 9.59 Å². The average Bonchev–Trinajstić information content (AvgIpc) is 3.08. The zero-order valence-corrected chi connectivity index (χ0v) is 13.2. The number of methoxy groups -OCH3 is 1. The van der Waals surface area contributed by atoms with Crippen LogP contribution in [0.3, 0.4) is 0 Å². The smallest absolute Gasteiger partial charge is 0.313 e. The molecule has 0 saturated carbocycles. The monoisotopic (exact) mass is 316 g/mol. The Morgan fingerprint density at radius 1 is 1.30 bits per heavy atom. The number of hydrogen-bond donors (Lipinski definition) is 1. The summed E-state index contributed by atoms with van der Waals surface area (Å²) in [4.78, 5) is 29.3. The van der Waals surface area contributed by atoms with Gasteiger partial charge in [-0.3, -0.25) is 9.59 Å². The maximum absolute atomic E-state index is 12.0. The van der Waals surface area contributed by atoms with E-state index in [1.54, 1.807) is 50.9 Å². The predicted molar refractivity (Wildman–Crippen MR) is 86.1 cm³/mol. The van der Waals surface area contributed by atoms with Crippen LogP contribution in [0.25, 0.3) is 0 Å². The van der Waals surface area contributed by atoms with Crippen LogP contribution in [0.5, 0.6) is 5.75 Å². The number of nitrogens with one attached hydrogen (secondary N) is 1. The number of carbonyl (C=O) groups is 2. The third-order valence-electron chi connectivity index (χ3n) is 3.36. The van der Waals surface area contributed by atoms with Crippen molar-refractivity contribution in [2.75, 3.05) is 26.0 Å². The van der Waals surface area contributed by atoms with Gasteiger partial charge in [-0.15, -0.1) is 0 Å². The normalized spacial score (nSPS) is 10.2. The Balaban J connectivity index is 1.79. The molecule has 2 amide bonds. The third-order valence-corrected chi connectivity index (χ3v) is 3.36. The number of nitrogens with zero attached hydrogens (tertiary/aromatic N) is 3. The minimum atomic E-state index is -0.653. The second-order valence-corrected chi connectivity index (χ2v) is 5.06. The first-order valence-electron chi connectivity index (χ1n) is 7.26. The number of imidazole rings is 1. The van der Waals surface area contributed by atoms with E-state index < -0.39 is 11.8 Å². The second kappa shape index (κ2) is 7.98. The number of anilines is 1. The average molecular weight is 316 g/mol. The van der Waals surface area contributed by atoms with Gasteiger partial charge >= 0.3 is 11.8 Å². The van der Waals surface area contributed by atoms with Gasteiger partial charge in [-0.05, 0) is 30.7 Å². The van der Waals surface area contributed by atoms with Crippen molar-refractivity contribution in [1.82, 2.24) is 14.5 Å². The SMILES string of the molecule is COc1ccc(NC(=O)C(=O)N(C)CCCn2ccnc2)cc1. The molecule has 0 bridgehead atoms. The van der Waals surface area contributed by atoms with Gasteiger partial charge in [0.1, 0.15) is 5.75 Å². The number of hydrogen-bond acceptors (Lipinski definition) is 4. The van der Waals surface area contributed by atoms with Crippen LogP contribution in [-0.2, 0) is 16.1 Å². The van der Waals surface area contributed by atoms with Gasteiger partial charge in [0.2, 0.25) is 0 Å². The lowest BCUT2D eigenvalue weighted by Gasteiger charge is -2.16. The molecule has 1 N–H and O–H groups in total. The molecule has 1 aromatic heterocycles. The first kappa shape index (κ1) is 16.5. The molecule has 1 aromatic carbocycles. The lowest BCUT2D eigenvalue weighted by atomic mass is 10.3. The molecule has 0 radical (unpaired) electrons. The van der Waals surface area contributed by atoms with Crippen LogP contribution in [0, 0.1) is 0 Å². The van der Waals surface area contributed by atoms with Crippen molar-refractivity contribution < 1.29 is 14.3 Å². The molecule has 7 nitrogen and oxygen atoms in total. The van der Waals surface area contributed by atoms with Gasteiger partial charge in [0.25, 0.3) is 0 Å². The number of carbonyl (C=O) groups excluding carboxylic acids is 2. The predicted octanol–water partition coefficient (Wildman–Crippen LogP) is 1.38. The van der Waals surface area contributed by atoms with Gasteiger partial charge in [0.15, 0.2) is 0 Å². The molecular weight excluding hydrogens is 296 g/mol. The molecule has 0 spiro atoms. The number of aryl methyl sites for hydroxylation is 1. The number of amides is 2. The van der Waals surface area contributed by atoms with Gasteiger partial charge in [-0.25, -0.2) is 4.98 Å². The summed E-state index contributed by atoms with van der Waals surface area (Å²) >= 11 is 0. The molecule has 0 unspecified atom stereocenters. The van der Waals surface area contributed by atoms with E-state index in [4.69, 9.17) is 4.74 Å². The minimum Gasteiger partial charge on any atom is -0.497 e. The molecule has 0 fully saturated rings. The van der Waals surface area contributed by atoms with Crippen LogP contribution >= 0.6 is 0 Å². The highest BCUT2D eigenvalue weighted by Crippen LogP contribution is 2.14. The van der Waals surface area contributed by atoms with Crippen molar-refractivity contribution >= 4 is 17.5 Å². The second-order valence-electron chi connectivity index (χ2n) is 5.06. The number of benzene rings is 1. The van der Waals surface area contributed by atoms with Crippen LogP contribution in [0.1, 0.15) is 6.42 Å². The number of ether oxygens (including phenoxy) is 1. The fourth-order valence-electron chi connectivity index (χ4n) is 2.04. The molecule has 0 saturated heterocycles. The topological polar surface area (TPSA) is 76.5 Å². The number of likely N-dealkylation sites (N-methyl/N-ethyl adjacent to an activating group) is 1. The molecule has 0 aliphatic heterocycles. The highest BCUT2D eigenvalue weighted by atomic mass is 16.5. The molecule has 2 aromatic rings. The lowest BCUT2D eigenvalue weighted by Crippen LogP contribution is -2.37. The summed E-state index contributed by atoms with van der Waals surface area (Å²) in [7, 11) is 3.18. The van der Waals surface area contributed by atoms with Gasteiger partial charge in [-0.1, -0.05) is 0 Å². The third kappa shape index (κ3) is 4.84. The molecule has 2 rings (SSSR count). The Labute approximate surface area is 134 Å². The van der Waals surface area contributed by atoms with E-state index in [0.717, 1.165) is 13.0 Å². The molecule has 0 atom stereocenters.